The summed E-state index contributed by atoms with van der Waals surface area (Å²) in [6.07, 6.45) is 0. The van der Waals surface area contributed by atoms with Crippen LogP contribution >= 0.6 is 0 Å². The van der Waals surface area contributed by atoms with Crippen LogP contribution in [0, 0.1) is 0 Å². The molecule has 2 rings (SSSR count). The first-order valence-corrected chi connectivity index (χ1v) is 7.55. The standard InChI is InChI=1S/C12H15N3O4S/c1-3-19-14-12(16)8(2)13-11-9-6-4-5-7-10(9)20(17,18)15-11/h4-8H,3H2,1-2H3,(H,13,15)(H,14,16). The van der Waals surface area contributed by atoms with Gasteiger partial charge in [-0.1, -0.05) is 12.1 Å². The minimum atomic E-state index is -3.59. The van der Waals surface area contributed by atoms with E-state index >= 15 is 0 Å². The Kier molecular flexibility index (Phi) is 4.05. The van der Waals surface area contributed by atoms with Gasteiger partial charge in [0.25, 0.3) is 15.9 Å². The van der Waals surface area contributed by atoms with Gasteiger partial charge in [-0.3, -0.25) is 19.3 Å². The number of benzene rings is 1. The van der Waals surface area contributed by atoms with Crippen LogP contribution in [0.2, 0.25) is 0 Å². The summed E-state index contributed by atoms with van der Waals surface area (Å²) in [4.78, 5) is 20.7. The van der Waals surface area contributed by atoms with Crippen LogP contribution in [0.25, 0.3) is 0 Å². The molecule has 8 heteroatoms. The molecule has 20 heavy (non-hydrogen) atoms. The maximum atomic E-state index is 11.9. The van der Waals surface area contributed by atoms with Crippen LogP contribution in [0.4, 0.5) is 0 Å². The minimum Gasteiger partial charge on any atom is -0.274 e. The molecule has 2 N–H and O–H groups in total. The molecular weight excluding hydrogens is 282 g/mol. The fraction of sp³-hybridized carbons (Fsp3) is 0.333. The van der Waals surface area contributed by atoms with Gasteiger partial charge in [0.1, 0.15) is 11.9 Å². The number of nitrogens with zero attached hydrogens (tertiary/aromatic N) is 1. The molecule has 0 aliphatic carbocycles. The monoisotopic (exact) mass is 297 g/mol. The molecule has 0 bridgehead atoms. The first-order valence-electron chi connectivity index (χ1n) is 6.07. The summed E-state index contributed by atoms with van der Waals surface area (Å²) >= 11 is 0. The molecule has 1 aliphatic rings. The molecule has 7 nitrogen and oxygen atoms in total. The van der Waals surface area contributed by atoms with Crippen molar-refractivity contribution in [2.45, 2.75) is 24.8 Å². The second kappa shape index (κ2) is 5.59. The van der Waals surface area contributed by atoms with E-state index < -0.39 is 22.0 Å². The fourth-order valence-corrected chi connectivity index (χ4v) is 2.95. The number of hydroxylamine groups is 1. The third-order valence-electron chi connectivity index (χ3n) is 2.68. The Hall–Kier alpha value is -1.93. The zero-order valence-corrected chi connectivity index (χ0v) is 11.9. The smallest absolute Gasteiger partial charge is 0.268 e. The first kappa shape index (κ1) is 14.5. The van der Waals surface area contributed by atoms with Gasteiger partial charge in [0.2, 0.25) is 0 Å². The molecule has 0 spiro atoms. The Labute approximate surface area is 117 Å². The Balaban J connectivity index is 2.27. The molecule has 0 saturated heterocycles. The Morgan fingerprint density at radius 1 is 1.45 bits per heavy atom. The Morgan fingerprint density at radius 2 is 2.15 bits per heavy atom. The van der Waals surface area contributed by atoms with Crippen molar-refractivity contribution in [1.82, 2.24) is 10.2 Å². The lowest BCUT2D eigenvalue weighted by Crippen LogP contribution is -2.34. The van der Waals surface area contributed by atoms with Crippen LogP contribution in [0.15, 0.2) is 34.2 Å². The quantitative estimate of drug-likeness (QED) is 0.775. The molecule has 0 aromatic heterocycles. The molecule has 1 aromatic rings. The Morgan fingerprint density at radius 3 is 2.85 bits per heavy atom. The lowest BCUT2D eigenvalue weighted by Gasteiger charge is -2.08. The van der Waals surface area contributed by atoms with E-state index in [1.54, 1.807) is 32.0 Å². The summed E-state index contributed by atoms with van der Waals surface area (Å²) < 4.78 is 26.1. The van der Waals surface area contributed by atoms with Crippen LogP contribution in [0.3, 0.4) is 0 Å². The number of sulfonamides is 1. The van der Waals surface area contributed by atoms with Gasteiger partial charge in [0.15, 0.2) is 0 Å². The number of hydrogen-bond acceptors (Lipinski definition) is 5. The largest absolute Gasteiger partial charge is 0.274 e. The highest BCUT2D eigenvalue weighted by Crippen LogP contribution is 2.22. The lowest BCUT2D eigenvalue weighted by molar-refractivity contribution is -0.134. The highest BCUT2D eigenvalue weighted by molar-refractivity contribution is 7.90. The van der Waals surface area contributed by atoms with Crippen LogP contribution in [0.5, 0.6) is 0 Å². The SMILES string of the molecule is CCONC(=O)C(C)N=C1NS(=O)(=O)c2ccccc21. The summed E-state index contributed by atoms with van der Waals surface area (Å²) in [5, 5.41) is 0. The molecule has 1 aromatic carbocycles. The van der Waals surface area contributed by atoms with Gasteiger partial charge in [-0.05, 0) is 26.0 Å². The van der Waals surface area contributed by atoms with Gasteiger partial charge in [0, 0.05) is 5.56 Å². The number of rotatable bonds is 4. The second-order valence-electron chi connectivity index (χ2n) is 4.15. The fourth-order valence-electron chi connectivity index (χ4n) is 1.71. The molecule has 0 saturated carbocycles. The number of fused-ring (bicyclic) bond motifs is 1. The summed E-state index contributed by atoms with van der Waals surface area (Å²) in [6, 6.07) is 5.70. The van der Waals surface area contributed by atoms with Gasteiger partial charge in [-0.2, -0.15) is 0 Å². The van der Waals surface area contributed by atoms with Gasteiger partial charge in [0.05, 0.1) is 11.5 Å². The lowest BCUT2D eigenvalue weighted by atomic mass is 10.2. The maximum Gasteiger partial charge on any atom is 0.268 e. The number of carbonyl (C=O) groups is 1. The van der Waals surface area contributed by atoms with E-state index in [1.165, 1.54) is 6.07 Å². The number of nitrogens with one attached hydrogen (secondary N) is 2. The molecule has 1 heterocycles. The van der Waals surface area contributed by atoms with Crippen molar-refractivity contribution in [3.05, 3.63) is 29.8 Å². The van der Waals surface area contributed by atoms with Crippen molar-refractivity contribution in [3.8, 4) is 0 Å². The van der Waals surface area contributed by atoms with Crippen molar-refractivity contribution < 1.29 is 18.0 Å². The average Bonchev–Trinajstić information content (AvgIpc) is 2.68. The van der Waals surface area contributed by atoms with Crippen molar-refractivity contribution in [2.24, 2.45) is 4.99 Å². The zero-order valence-electron chi connectivity index (χ0n) is 11.1. The van der Waals surface area contributed by atoms with Crippen LogP contribution in [-0.2, 0) is 19.7 Å². The summed E-state index contributed by atoms with van der Waals surface area (Å²) in [5.41, 5.74) is 2.69. The van der Waals surface area contributed by atoms with E-state index in [-0.39, 0.29) is 10.7 Å². The third kappa shape index (κ3) is 2.81. The summed E-state index contributed by atoms with van der Waals surface area (Å²) in [7, 11) is -3.59. The van der Waals surface area contributed by atoms with Crippen LogP contribution in [0.1, 0.15) is 19.4 Å². The number of amides is 1. The van der Waals surface area contributed by atoms with E-state index in [0.717, 1.165) is 0 Å². The predicted octanol–water partition coefficient (Wildman–Crippen LogP) is 0.181. The molecule has 108 valence electrons. The van der Waals surface area contributed by atoms with E-state index in [0.29, 0.717) is 12.2 Å². The second-order valence-corrected chi connectivity index (χ2v) is 5.81. The van der Waals surface area contributed by atoms with Crippen LogP contribution in [-0.4, -0.2) is 32.8 Å². The van der Waals surface area contributed by atoms with E-state index in [2.05, 4.69) is 15.2 Å². The Bertz CT molecular complexity index is 654. The van der Waals surface area contributed by atoms with E-state index in [1.807, 2.05) is 0 Å². The highest BCUT2D eigenvalue weighted by atomic mass is 32.2. The minimum absolute atomic E-state index is 0.163. The molecule has 0 radical (unpaired) electrons. The summed E-state index contributed by atoms with van der Waals surface area (Å²) in [5.74, 6) is -0.275. The van der Waals surface area contributed by atoms with Gasteiger partial charge >= 0.3 is 0 Å². The molecule has 1 atom stereocenters. The number of amidine groups is 1. The number of hydrogen-bond donors (Lipinski definition) is 2. The van der Waals surface area contributed by atoms with Gasteiger partial charge in [-0.25, -0.2) is 13.9 Å². The summed E-state index contributed by atoms with van der Waals surface area (Å²) in [6.45, 7) is 3.62. The number of carbonyl (C=O) groups excluding carboxylic acids is 1. The number of aliphatic imine (C=N–C) groups is 1. The van der Waals surface area contributed by atoms with Crippen molar-refractivity contribution in [1.29, 1.82) is 0 Å². The normalized spacial score (nSPS) is 19.2. The molecule has 1 unspecified atom stereocenters. The van der Waals surface area contributed by atoms with E-state index in [4.69, 9.17) is 4.84 Å². The van der Waals surface area contributed by atoms with E-state index in [9.17, 15) is 13.2 Å². The first-order chi connectivity index (χ1) is 9.45. The zero-order chi connectivity index (χ0) is 14.8. The third-order valence-corrected chi connectivity index (χ3v) is 4.08. The van der Waals surface area contributed by atoms with Gasteiger partial charge in [-0.15, -0.1) is 0 Å². The van der Waals surface area contributed by atoms with Crippen molar-refractivity contribution >= 4 is 21.8 Å². The molecule has 1 aliphatic heterocycles. The van der Waals surface area contributed by atoms with Crippen molar-refractivity contribution in [2.75, 3.05) is 6.61 Å². The van der Waals surface area contributed by atoms with Crippen molar-refractivity contribution in [3.63, 3.8) is 0 Å². The topological polar surface area (TPSA) is 96.9 Å². The van der Waals surface area contributed by atoms with Gasteiger partial charge < -0.3 is 0 Å². The maximum absolute atomic E-state index is 11.9. The van der Waals surface area contributed by atoms with Crippen LogP contribution < -0.4 is 10.2 Å². The molecule has 0 fully saturated rings. The predicted molar refractivity (Wildman–Crippen MR) is 72.5 cm³/mol. The molecular formula is C12H15N3O4S. The molecule has 1 amide bonds. The average molecular weight is 297 g/mol. The highest BCUT2D eigenvalue weighted by Gasteiger charge is 2.31.